The molecule has 0 fully saturated rings. The van der Waals surface area contributed by atoms with E-state index in [1.807, 2.05) is 31.2 Å². The lowest BCUT2D eigenvalue weighted by atomic mass is 10.1. The molecule has 0 amide bonds. The third kappa shape index (κ3) is 5.52. The van der Waals surface area contributed by atoms with Gasteiger partial charge in [-0.05, 0) is 30.5 Å². The summed E-state index contributed by atoms with van der Waals surface area (Å²) in [6, 6.07) is 7.59. The molecule has 1 N–H and O–H groups in total. The van der Waals surface area contributed by atoms with Crippen LogP contribution in [-0.2, 0) is 4.74 Å². The van der Waals surface area contributed by atoms with Gasteiger partial charge in [0.1, 0.15) is 12.4 Å². The maximum atomic E-state index is 9.66. The van der Waals surface area contributed by atoms with E-state index in [9.17, 15) is 5.11 Å². The van der Waals surface area contributed by atoms with Crippen LogP contribution in [-0.4, -0.2) is 24.9 Å². The van der Waals surface area contributed by atoms with Gasteiger partial charge < -0.3 is 14.6 Å². The molecule has 3 heteroatoms. The third-order valence-electron chi connectivity index (χ3n) is 2.79. The Hall–Kier alpha value is -1.06. The normalized spacial score (nSPS) is 12.4. The molecule has 102 valence electrons. The topological polar surface area (TPSA) is 38.7 Å². The molecule has 1 rings (SSSR count). The van der Waals surface area contributed by atoms with Crippen molar-refractivity contribution in [3.63, 3.8) is 0 Å². The molecule has 0 aromatic heterocycles. The number of hydrogen-bond donors (Lipinski definition) is 1. The van der Waals surface area contributed by atoms with Gasteiger partial charge in [0.15, 0.2) is 0 Å². The summed E-state index contributed by atoms with van der Waals surface area (Å²) in [5.41, 5.74) is 0.934. The van der Waals surface area contributed by atoms with Gasteiger partial charge in [-0.3, -0.25) is 0 Å². The van der Waals surface area contributed by atoms with Crippen LogP contribution in [0.2, 0.25) is 0 Å². The highest BCUT2D eigenvalue weighted by Crippen LogP contribution is 2.19. The number of aliphatic hydroxyl groups excluding tert-OH is 1. The molecule has 1 unspecified atom stereocenters. The fraction of sp³-hybridized carbons (Fsp3) is 0.600. The Morgan fingerprint density at radius 2 is 1.78 bits per heavy atom. The van der Waals surface area contributed by atoms with E-state index in [4.69, 9.17) is 9.47 Å². The summed E-state index contributed by atoms with van der Waals surface area (Å²) in [4.78, 5) is 0. The molecule has 1 atom stereocenters. The zero-order valence-corrected chi connectivity index (χ0v) is 11.4. The summed E-state index contributed by atoms with van der Waals surface area (Å²) in [6.45, 7) is 6.11. The minimum atomic E-state index is -0.378. The van der Waals surface area contributed by atoms with Crippen LogP contribution in [0.3, 0.4) is 0 Å². The molecular weight excluding hydrogens is 228 g/mol. The van der Waals surface area contributed by atoms with E-state index >= 15 is 0 Å². The molecular formula is C15H24O3. The van der Waals surface area contributed by atoms with Gasteiger partial charge in [-0.1, -0.05) is 32.4 Å². The molecule has 0 spiro atoms. The SMILES string of the molecule is CCCCOCCOc1ccc(C(O)CC)cc1. The highest BCUT2D eigenvalue weighted by Gasteiger charge is 2.04. The van der Waals surface area contributed by atoms with E-state index in [1.165, 1.54) is 0 Å². The Morgan fingerprint density at radius 3 is 2.39 bits per heavy atom. The average molecular weight is 252 g/mol. The van der Waals surface area contributed by atoms with Crippen molar-refractivity contribution < 1.29 is 14.6 Å². The van der Waals surface area contributed by atoms with Crippen molar-refractivity contribution in [1.29, 1.82) is 0 Å². The first kappa shape index (κ1) is 15.0. The highest BCUT2D eigenvalue weighted by atomic mass is 16.5. The number of rotatable bonds is 9. The van der Waals surface area contributed by atoms with E-state index in [2.05, 4.69) is 6.92 Å². The number of aliphatic hydroxyl groups is 1. The van der Waals surface area contributed by atoms with Crippen LogP contribution in [0.25, 0.3) is 0 Å². The third-order valence-corrected chi connectivity index (χ3v) is 2.79. The van der Waals surface area contributed by atoms with Gasteiger partial charge in [0.25, 0.3) is 0 Å². The Labute approximate surface area is 110 Å². The molecule has 0 aliphatic rings. The zero-order valence-electron chi connectivity index (χ0n) is 11.4. The molecule has 0 aliphatic carbocycles. The number of unbranched alkanes of at least 4 members (excludes halogenated alkanes) is 1. The van der Waals surface area contributed by atoms with E-state index < -0.39 is 0 Å². The van der Waals surface area contributed by atoms with Crippen molar-refractivity contribution in [3.05, 3.63) is 29.8 Å². The first-order chi connectivity index (χ1) is 8.77. The summed E-state index contributed by atoms with van der Waals surface area (Å²) >= 11 is 0. The monoisotopic (exact) mass is 252 g/mol. The van der Waals surface area contributed by atoms with Crippen molar-refractivity contribution in [2.45, 2.75) is 39.2 Å². The lowest BCUT2D eigenvalue weighted by molar-refractivity contribution is 0.0980. The molecule has 0 radical (unpaired) electrons. The predicted molar refractivity (Wildman–Crippen MR) is 72.9 cm³/mol. The van der Waals surface area contributed by atoms with Gasteiger partial charge in [0, 0.05) is 6.61 Å². The lowest BCUT2D eigenvalue weighted by Gasteiger charge is -2.10. The molecule has 1 aromatic carbocycles. The van der Waals surface area contributed by atoms with Crippen LogP contribution in [0.4, 0.5) is 0 Å². The Morgan fingerprint density at radius 1 is 1.06 bits per heavy atom. The van der Waals surface area contributed by atoms with Gasteiger partial charge in [-0.25, -0.2) is 0 Å². The molecule has 0 aliphatic heterocycles. The lowest BCUT2D eigenvalue weighted by Crippen LogP contribution is -2.07. The van der Waals surface area contributed by atoms with Gasteiger partial charge in [-0.2, -0.15) is 0 Å². The highest BCUT2D eigenvalue weighted by molar-refractivity contribution is 5.28. The van der Waals surface area contributed by atoms with E-state index in [0.29, 0.717) is 13.2 Å². The Bertz CT molecular complexity index is 308. The maximum absolute atomic E-state index is 9.66. The zero-order chi connectivity index (χ0) is 13.2. The van der Waals surface area contributed by atoms with Crippen LogP contribution in [0.1, 0.15) is 44.8 Å². The predicted octanol–water partition coefficient (Wildman–Crippen LogP) is 3.33. The first-order valence-electron chi connectivity index (χ1n) is 6.76. The summed E-state index contributed by atoms with van der Waals surface area (Å²) in [7, 11) is 0. The molecule has 0 heterocycles. The molecule has 18 heavy (non-hydrogen) atoms. The number of benzene rings is 1. The van der Waals surface area contributed by atoms with Crippen LogP contribution < -0.4 is 4.74 Å². The average Bonchev–Trinajstić information content (AvgIpc) is 2.42. The standard InChI is InChI=1S/C15H24O3/c1-3-5-10-17-11-12-18-14-8-6-13(7-9-14)15(16)4-2/h6-9,15-16H,3-5,10-12H2,1-2H3. The van der Waals surface area contributed by atoms with E-state index in [0.717, 1.165) is 37.2 Å². The van der Waals surface area contributed by atoms with Crippen molar-refractivity contribution in [2.75, 3.05) is 19.8 Å². The largest absolute Gasteiger partial charge is 0.491 e. The number of hydrogen-bond acceptors (Lipinski definition) is 3. The van der Waals surface area contributed by atoms with E-state index in [-0.39, 0.29) is 6.10 Å². The molecule has 3 nitrogen and oxygen atoms in total. The minimum absolute atomic E-state index is 0.378. The molecule has 0 saturated heterocycles. The fourth-order valence-electron chi connectivity index (χ4n) is 1.59. The second kappa shape index (κ2) is 8.95. The fourth-order valence-corrected chi connectivity index (χ4v) is 1.59. The minimum Gasteiger partial charge on any atom is -0.491 e. The smallest absolute Gasteiger partial charge is 0.119 e. The Kier molecular flexibility index (Phi) is 7.46. The van der Waals surface area contributed by atoms with Crippen LogP contribution >= 0.6 is 0 Å². The van der Waals surface area contributed by atoms with Gasteiger partial charge >= 0.3 is 0 Å². The Balaban J connectivity index is 2.22. The van der Waals surface area contributed by atoms with Crippen LogP contribution in [0.5, 0.6) is 5.75 Å². The molecule has 0 saturated carbocycles. The number of ether oxygens (including phenoxy) is 2. The second-order valence-corrected chi connectivity index (χ2v) is 4.31. The van der Waals surface area contributed by atoms with Gasteiger partial charge in [0.05, 0.1) is 12.7 Å². The summed E-state index contributed by atoms with van der Waals surface area (Å²) < 4.78 is 11.0. The van der Waals surface area contributed by atoms with Crippen molar-refractivity contribution in [3.8, 4) is 5.75 Å². The van der Waals surface area contributed by atoms with E-state index in [1.54, 1.807) is 0 Å². The second-order valence-electron chi connectivity index (χ2n) is 4.31. The van der Waals surface area contributed by atoms with Gasteiger partial charge in [-0.15, -0.1) is 0 Å². The first-order valence-corrected chi connectivity index (χ1v) is 6.76. The quantitative estimate of drug-likeness (QED) is 0.685. The maximum Gasteiger partial charge on any atom is 0.119 e. The molecule has 0 bridgehead atoms. The molecule has 1 aromatic rings. The van der Waals surface area contributed by atoms with Crippen molar-refractivity contribution in [1.82, 2.24) is 0 Å². The summed E-state index contributed by atoms with van der Waals surface area (Å²) in [5, 5.41) is 9.66. The summed E-state index contributed by atoms with van der Waals surface area (Å²) in [5.74, 6) is 0.821. The van der Waals surface area contributed by atoms with Gasteiger partial charge in [0.2, 0.25) is 0 Å². The van der Waals surface area contributed by atoms with Crippen molar-refractivity contribution in [2.24, 2.45) is 0 Å². The van der Waals surface area contributed by atoms with Crippen molar-refractivity contribution >= 4 is 0 Å². The van der Waals surface area contributed by atoms with Crippen LogP contribution in [0.15, 0.2) is 24.3 Å². The summed E-state index contributed by atoms with van der Waals surface area (Å²) in [6.07, 6.45) is 2.60. The van der Waals surface area contributed by atoms with Crippen LogP contribution in [0, 0.1) is 0 Å².